The molecule has 2 rings (SSSR count). The molecule has 6 heteroatoms. The van der Waals surface area contributed by atoms with Gasteiger partial charge in [0.15, 0.2) is 0 Å². The summed E-state index contributed by atoms with van der Waals surface area (Å²) in [7, 11) is 1.66. The Bertz CT molecular complexity index is 532. The van der Waals surface area contributed by atoms with E-state index in [2.05, 4.69) is 24.0 Å². The monoisotopic (exact) mass is 314 g/mol. The second-order valence-corrected chi connectivity index (χ2v) is 9.18. The molecule has 19 heavy (non-hydrogen) atoms. The van der Waals surface area contributed by atoms with Gasteiger partial charge in [0.05, 0.1) is 12.6 Å². The molecule has 2 atom stereocenters. The van der Waals surface area contributed by atoms with Crippen molar-refractivity contribution in [1.82, 2.24) is 10.2 Å². The smallest absolute Gasteiger partial charge is 0.126 e. The number of benzene rings is 1. The van der Waals surface area contributed by atoms with Gasteiger partial charge in [-0.25, -0.2) is 0 Å². The van der Waals surface area contributed by atoms with E-state index in [0.29, 0.717) is 0 Å². The minimum atomic E-state index is -2.02. The third-order valence-corrected chi connectivity index (χ3v) is 7.61. The van der Waals surface area contributed by atoms with Gasteiger partial charge in [-0.3, -0.25) is 5.09 Å². The molecule has 1 heterocycles. The number of ether oxygens (including phenoxy) is 1. The fourth-order valence-corrected chi connectivity index (χ4v) is 6.67. The molecule has 2 unspecified atom stereocenters. The van der Waals surface area contributed by atoms with E-state index < -0.39 is 6.34 Å². The van der Waals surface area contributed by atoms with Gasteiger partial charge in [-0.1, -0.05) is 37.4 Å². The van der Waals surface area contributed by atoms with Crippen LogP contribution in [0.1, 0.15) is 26.7 Å². The van der Waals surface area contributed by atoms with Crippen LogP contribution in [0.2, 0.25) is 0 Å². The van der Waals surface area contributed by atoms with Crippen molar-refractivity contribution in [3.8, 4) is 5.75 Å². The van der Waals surface area contributed by atoms with Crippen molar-refractivity contribution < 1.29 is 4.74 Å². The molecule has 0 aromatic heterocycles. The van der Waals surface area contributed by atoms with E-state index in [-0.39, 0.29) is 5.54 Å². The molecular formula is C13H19N2OPS2. The predicted molar refractivity (Wildman–Crippen MR) is 89.1 cm³/mol. The van der Waals surface area contributed by atoms with Gasteiger partial charge in [-0.2, -0.15) is 0 Å². The molecule has 104 valence electrons. The van der Waals surface area contributed by atoms with E-state index in [4.69, 9.17) is 28.8 Å². The highest BCUT2D eigenvalue weighted by molar-refractivity contribution is 8.17. The highest BCUT2D eigenvalue weighted by Crippen LogP contribution is 2.45. The second-order valence-electron chi connectivity index (χ2n) is 4.94. The van der Waals surface area contributed by atoms with Crippen LogP contribution in [0.4, 0.5) is 0 Å². The molecule has 3 nitrogen and oxygen atoms in total. The zero-order chi connectivity index (χ0) is 14.1. The zero-order valence-corrected chi connectivity index (χ0v) is 13.9. The third-order valence-electron chi connectivity index (χ3n) is 3.35. The van der Waals surface area contributed by atoms with Crippen LogP contribution in [0.15, 0.2) is 24.3 Å². The zero-order valence-electron chi connectivity index (χ0n) is 11.4. The molecule has 1 saturated heterocycles. The fourth-order valence-electron chi connectivity index (χ4n) is 2.28. The van der Waals surface area contributed by atoms with Crippen LogP contribution in [0, 0.1) is 0 Å². The van der Waals surface area contributed by atoms with Crippen molar-refractivity contribution >= 4 is 40.7 Å². The number of hydrogen-bond donors (Lipinski definition) is 2. The summed E-state index contributed by atoms with van der Waals surface area (Å²) in [6.45, 7) is 4.29. The molecule has 1 fully saturated rings. The maximum Gasteiger partial charge on any atom is 0.126 e. The highest BCUT2D eigenvalue weighted by Gasteiger charge is 2.42. The maximum atomic E-state index is 5.81. The van der Waals surface area contributed by atoms with Gasteiger partial charge < -0.3 is 9.82 Å². The standard InChI is InChI=1S/C13H19N2OPS2/c1-4-9-13(2)12(18)14-17(19,15-13)11-7-5-10(16-3)6-8-11/h5-8H,4,9H2,1-3H3,(H2,14,15,18,19). The molecule has 0 radical (unpaired) electrons. The van der Waals surface area contributed by atoms with Gasteiger partial charge in [0.1, 0.15) is 17.1 Å². The Kier molecular flexibility index (Phi) is 4.31. The Balaban J connectivity index is 2.29. The average molecular weight is 314 g/mol. The van der Waals surface area contributed by atoms with Crippen LogP contribution in [-0.4, -0.2) is 17.6 Å². The van der Waals surface area contributed by atoms with E-state index in [9.17, 15) is 0 Å². The summed E-state index contributed by atoms with van der Waals surface area (Å²) in [6.07, 6.45) is 0.0426. The molecule has 1 aromatic carbocycles. The Morgan fingerprint density at radius 3 is 2.47 bits per heavy atom. The molecule has 1 aromatic rings. The summed E-state index contributed by atoms with van der Waals surface area (Å²) < 4.78 is 5.18. The van der Waals surface area contributed by atoms with Crippen molar-refractivity contribution in [2.75, 3.05) is 7.11 Å². The molecular weight excluding hydrogens is 295 g/mol. The first-order valence-electron chi connectivity index (χ1n) is 6.30. The Morgan fingerprint density at radius 2 is 1.95 bits per heavy atom. The van der Waals surface area contributed by atoms with Crippen LogP contribution < -0.4 is 20.2 Å². The van der Waals surface area contributed by atoms with E-state index in [0.717, 1.165) is 28.9 Å². The Hall–Kier alpha value is -0.480. The Labute approximate surface area is 125 Å². The number of rotatable bonds is 4. The number of nitrogens with one attached hydrogen (secondary N) is 2. The first kappa shape index (κ1) is 14.9. The predicted octanol–water partition coefficient (Wildman–Crippen LogP) is 2.71. The largest absolute Gasteiger partial charge is 0.497 e. The number of thiocarbonyl (C=S) groups is 1. The summed E-state index contributed by atoms with van der Waals surface area (Å²) in [6, 6.07) is 7.90. The van der Waals surface area contributed by atoms with Gasteiger partial charge in [-0.05, 0) is 37.6 Å². The minimum absolute atomic E-state index is 0.181. The lowest BCUT2D eigenvalue weighted by Crippen LogP contribution is -2.41. The molecule has 0 amide bonds. The number of hydrogen-bond acceptors (Lipinski definition) is 3. The van der Waals surface area contributed by atoms with Crippen LogP contribution in [-0.2, 0) is 11.8 Å². The van der Waals surface area contributed by atoms with E-state index in [1.807, 2.05) is 24.3 Å². The van der Waals surface area contributed by atoms with Crippen LogP contribution in [0.25, 0.3) is 0 Å². The normalized spacial score (nSPS) is 30.2. The van der Waals surface area contributed by atoms with Gasteiger partial charge in [-0.15, -0.1) is 0 Å². The molecule has 0 saturated carbocycles. The molecule has 0 bridgehead atoms. The highest BCUT2D eigenvalue weighted by atomic mass is 32.4. The average Bonchev–Trinajstić information content (AvgIpc) is 2.61. The summed E-state index contributed by atoms with van der Waals surface area (Å²) >= 11 is 11.3. The minimum Gasteiger partial charge on any atom is -0.497 e. The van der Waals surface area contributed by atoms with Crippen molar-refractivity contribution in [1.29, 1.82) is 0 Å². The number of methoxy groups -OCH3 is 1. The van der Waals surface area contributed by atoms with Gasteiger partial charge in [0.25, 0.3) is 0 Å². The van der Waals surface area contributed by atoms with Crippen LogP contribution in [0.3, 0.4) is 0 Å². The summed E-state index contributed by atoms with van der Waals surface area (Å²) in [5.41, 5.74) is -0.181. The van der Waals surface area contributed by atoms with Crippen molar-refractivity contribution in [3.05, 3.63) is 24.3 Å². The van der Waals surface area contributed by atoms with Crippen molar-refractivity contribution in [3.63, 3.8) is 0 Å². The van der Waals surface area contributed by atoms with Crippen molar-refractivity contribution in [2.45, 2.75) is 32.2 Å². The summed E-state index contributed by atoms with van der Waals surface area (Å²) in [5, 5.41) is 8.03. The van der Waals surface area contributed by atoms with Crippen LogP contribution in [0.5, 0.6) is 5.75 Å². The SMILES string of the molecule is CCCC1(C)NP(=S)(c2ccc(OC)cc2)NC1=S. The van der Waals surface area contributed by atoms with Gasteiger partial charge in [0, 0.05) is 5.30 Å². The second kappa shape index (κ2) is 5.49. The molecule has 0 spiro atoms. The van der Waals surface area contributed by atoms with E-state index in [1.165, 1.54) is 0 Å². The topological polar surface area (TPSA) is 33.3 Å². The fraction of sp³-hybridized carbons (Fsp3) is 0.462. The van der Waals surface area contributed by atoms with Crippen molar-refractivity contribution in [2.24, 2.45) is 0 Å². The molecule has 2 N–H and O–H groups in total. The van der Waals surface area contributed by atoms with E-state index >= 15 is 0 Å². The van der Waals surface area contributed by atoms with E-state index in [1.54, 1.807) is 7.11 Å². The lowest BCUT2D eigenvalue weighted by molar-refractivity contribution is 0.415. The molecule has 0 aliphatic carbocycles. The third kappa shape index (κ3) is 2.84. The molecule has 1 aliphatic heterocycles. The molecule has 1 aliphatic rings. The summed E-state index contributed by atoms with van der Waals surface area (Å²) in [4.78, 5) is 0.841. The lowest BCUT2D eigenvalue weighted by Gasteiger charge is -2.24. The van der Waals surface area contributed by atoms with Gasteiger partial charge in [0.2, 0.25) is 0 Å². The van der Waals surface area contributed by atoms with Crippen LogP contribution >= 0.6 is 18.6 Å². The first-order chi connectivity index (χ1) is 8.93. The summed E-state index contributed by atoms with van der Waals surface area (Å²) in [5.74, 6) is 0.837. The van der Waals surface area contributed by atoms with Gasteiger partial charge >= 0.3 is 0 Å². The Morgan fingerprint density at radius 1 is 1.32 bits per heavy atom. The quantitative estimate of drug-likeness (QED) is 0.660. The maximum absolute atomic E-state index is 5.81. The lowest BCUT2D eigenvalue weighted by atomic mass is 9.98. The first-order valence-corrected chi connectivity index (χ1v) is 9.51.